The van der Waals surface area contributed by atoms with Crippen molar-refractivity contribution in [3.05, 3.63) is 29.3 Å². The first-order valence-corrected chi connectivity index (χ1v) is 5.66. The molecule has 17 heavy (non-hydrogen) atoms. The Hall–Kier alpha value is -1.88. The first-order chi connectivity index (χ1) is 8.24. The largest absolute Gasteiger partial charge is 0.384 e. The molecule has 0 fully saturated rings. The fourth-order valence-corrected chi connectivity index (χ4v) is 1.86. The lowest BCUT2D eigenvalue weighted by molar-refractivity contribution is 0.0880. The fraction of sp³-hybridized carbons (Fsp3) is 0.333. The Labute approximate surface area is 99.4 Å². The van der Waals surface area contributed by atoms with Crippen LogP contribution in [0.5, 0.6) is 0 Å². The second-order valence-corrected chi connectivity index (χ2v) is 3.93. The molecule has 4 N–H and O–H groups in total. The monoisotopic (exact) mass is 233 g/mol. The Bertz CT molecular complexity index is 457. The maximum absolute atomic E-state index is 11.6. The van der Waals surface area contributed by atoms with Gasteiger partial charge < -0.3 is 11.1 Å². The number of fused-ring (bicyclic) bond motifs is 1. The van der Waals surface area contributed by atoms with E-state index < -0.39 is 0 Å². The van der Waals surface area contributed by atoms with E-state index in [9.17, 15) is 9.59 Å². The molecule has 0 saturated carbocycles. The zero-order valence-corrected chi connectivity index (χ0v) is 9.45. The quantitative estimate of drug-likeness (QED) is 0.517. The molecule has 0 aromatic heterocycles. The summed E-state index contributed by atoms with van der Waals surface area (Å²) in [4.78, 5) is 23.0. The smallest absolute Gasteiger partial charge is 0.261 e. The predicted molar refractivity (Wildman–Crippen MR) is 65.0 cm³/mol. The van der Waals surface area contributed by atoms with Crippen LogP contribution in [0, 0.1) is 0 Å². The van der Waals surface area contributed by atoms with Gasteiger partial charge in [0.15, 0.2) is 0 Å². The molecule has 0 bridgehead atoms. The van der Waals surface area contributed by atoms with E-state index >= 15 is 0 Å². The summed E-state index contributed by atoms with van der Waals surface area (Å²) in [5.74, 6) is -0.650. The Morgan fingerprint density at radius 1 is 1.18 bits per heavy atom. The molecule has 0 spiro atoms. The Morgan fingerprint density at radius 2 is 2.00 bits per heavy atom. The van der Waals surface area contributed by atoms with Crippen LogP contribution in [-0.4, -0.2) is 24.9 Å². The number of nitrogens with one attached hydrogen (secondary N) is 2. The van der Waals surface area contributed by atoms with E-state index in [0.29, 0.717) is 23.4 Å². The number of carbonyl (C=O) groups excluding carboxylic acids is 2. The minimum atomic E-state index is -0.327. The average Bonchev–Trinajstić information content (AvgIpc) is 2.62. The standard InChI is InChI=1S/C12H15N3O2/c13-6-1-2-7-14-9-5-3-4-8-10(9)12(17)15-11(8)16/h3-5,14H,1-2,6-7,13H2,(H,15,16,17). The van der Waals surface area contributed by atoms with Gasteiger partial charge in [0.2, 0.25) is 0 Å². The molecule has 1 aliphatic rings. The van der Waals surface area contributed by atoms with E-state index in [1.807, 2.05) is 0 Å². The highest BCUT2D eigenvalue weighted by Gasteiger charge is 2.28. The summed E-state index contributed by atoms with van der Waals surface area (Å²) in [5.41, 5.74) is 7.01. The lowest BCUT2D eigenvalue weighted by Gasteiger charge is -2.08. The molecule has 0 unspecified atom stereocenters. The molecule has 2 amide bonds. The Kier molecular flexibility index (Phi) is 3.39. The molecule has 1 heterocycles. The molecule has 5 nitrogen and oxygen atoms in total. The summed E-state index contributed by atoms with van der Waals surface area (Å²) in [7, 11) is 0. The minimum Gasteiger partial charge on any atom is -0.384 e. The lowest BCUT2D eigenvalue weighted by Crippen LogP contribution is -2.20. The molecule has 0 aliphatic carbocycles. The molecule has 1 aromatic rings. The number of carbonyl (C=O) groups is 2. The van der Waals surface area contributed by atoms with E-state index in [2.05, 4.69) is 10.6 Å². The van der Waals surface area contributed by atoms with E-state index in [-0.39, 0.29) is 11.8 Å². The molecule has 5 heteroatoms. The maximum atomic E-state index is 11.6. The average molecular weight is 233 g/mol. The second kappa shape index (κ2) is 4.97. The number of hydrogen-bond donors (Lipinski definition) is 3. The van der Waals surface area contributed by atoms with Crippen molar-refractivity contribution in [2.24, 2.45) is 5.73 Å². The molecule has 1 aromatic carbocycles. The van der Waals surface area contributed by atoms with Crippen molar-refractivity contribution in [3.8, 4) is 0 Å². The highest BCUT2D eigenvalue weighted by molar-refractivity contribution is 6.23. The molecule has 0 radical (unpaired) electrons. The van der Waals surface area contributed by atoms with Crippen LogP contribution in [0.1, 0.15) is 33.6 Å². The van der Waals surface area contributed by atoms with Crippen molar-refractivity contribution >= 4 is 17.5 Å². The van der Waals surface area contributed by atoms with E-state index in [1.54, 1.807) is 18.2 Å². The maximum Gasteiger partial charge on any atom is 0.261 e. The van der Waals surface area contributed by atoms with Gasteiger partial charge in [0.1, 0.15) is 0 Å². The topological polar surface area (TPSA) is 84.2 Å². The van der Waals surface area contributed by atoms with Gasteiger partial charge in [-0.2, -0.15) is 0 Å². The van der Waals surface area contributed by atoms with Crippen molar-refractivity contribution in [1.82, 2.24) is 5.32 Å². The van der Waals surface area contributed by atoms with Crippen LogP contribution in [0.15, 0.2) is 18.2 Å². The molecule has 0 saturated heterocycles. The lowest BCUT2D eigenvalue weighted by atomic mass is 10.1. The molecule has 0 atom stereocenters. The van der Waals surface area contributed by atoms with Crippen LogP contribution < -0.4 is 16.4 Å². The van der Waals surface area contributed by atoms with E-state index in [1.165, 1.54) is 0 Å². The third-order valence-electron chi connectivity index (χ3n) is 2.71. The van der Waals surface area contributed by atoms with Gasteiger partial charge in [0.25, 0.3) is 11.8 Å². The van der Waals surface area contributed by atoms with Crippen molar-refractivity contribution in [2.75, 3.05) is 18.4 Å². The van der Waals surface area contributed by atoms with Crippen LogP contribution in [0.4, 0.5) is 5.69 Å². The van der Waals surface area contributed by atoms with Crippen molar-refractivity contribution in [2.45, 2.75) is 12.8 Å². The first kappa shape index (κ1) is 11.6. The minimum absolute atomic E-state index is 0.324. The van der Waals surface area contributed by atoms with Gasteiger partial charge in [-0.25, -0.2) is 0 Å². The number of benzene rings is 1. The van der Waals surface area contributed by atoms with Crippen molar-refractivity contribution < 1.29 is 9.59 Å². The number of nitrogens with two attached hydrogens (primary N) is 1. The zero-order valence-electron chi connectivity index (χ0n) is 9.45. The van der Waals surface area contributed by atoms with E-state index in [4.69, 9.17) is 5.73 Å². The number of unbranched alkanes of at least 4 members (excludes halogenated alkanes) is 1. The SMILES string of the molecule is NCCCCNc1cccc2c1C(=O)NC2=O. The number of anilines is 1. The van der Waals surface area contributed by atoms with Crippen LogP contribution in [-0.2, 0) is 0 Å². The Balaban J connectivity index is 2.14. The number of hydrogen-bond acceptors (Lipinski definition) is 4. The van der Waals surface area contributed by atoms with Crippen molar-refractivity contribution in [3.63, 3.8) is 0 Å². The molecular weight excluding hydrogens is 218 g/mol. The highest BCUT2D eigenvalue weighted by atomic mass is 16.2. The van der Waals surface area contributed by atoms with Gasteiger partial charge in [-0.3, -0.25) is 14.9 Å². The molecule has 1 aliphatic heterocycles. The van der Waals surface area contributed by atoms with Gasteiger partial charge >= 0.3 is 0 Å². The zero-order chi connectivity index (χ0) is 12.3. The van der Waals surface area contributed by atoms with Gasteiger partial charge in [-0.15, -0.1) is 0 Å². The first-order valence-electron chi connectivity index (χ1n) is 5.66. The molecular formula is C12H15N3O2. The highest BCUT2D eigenvalue weighted by Crippen LogP contribution is 2.24. The van der Waals surface area contributed by atoms with Crippen LogP contribution in [0.3, 0.4) is 0 Å². The van der Waals surface area contributed by atoms with E-state index in [0.717, 1.165) is 19.4 Å². The third-order valence-corrected chi connectivity index (χ3v) is 2.71. The second-order valence-electron chi connectivity index (χ2n) is 3.93. The van der Waals surface area contributed by atoms with Gasteiger partial charge in [-0.05, 0) is 31.5 Å². The van der Waals surface area contributed by atoms with Crippen LogP contribution >= 0.6 is 0 Å². The van der Waals surface area contributed by atoms with Crippen LogP contribution in [0.2, 0.25) is 0 Å². The summed E-state index contributed by atoms with van der Waals surface area (Å²) >= 11 is 0. The van der Waals surface area contributed by atoms with Crippen molar-refractivity contribution in [1.29, 1.82) is 0 Å². The van der Waals surface area contributed by atoms with Gasteiger partial charge in [0, 0.05) is 12.2 Å². The molecule has 2 rings (SSSR count). The Morgan fingerprint density at radius 3 is 2.76 bits per heavy atom. The number of amides is 2. The van der Waals surface area contributed by atoms with Gasteiger partial charge in [0.05, 0.1) is 11.1 Å². The normalized spacial score (nSPS) is 13.5. The van der Waals surface area contributed by atoms with Crippen LogP contribution in [0.25, 0.3) is 0 Å². The third kappa shape index (κ3) is 2.29. The number of imide groups is 1. The fourth-order valence-electron chi connectivity index (χ4n) is 1.86. The molecule has 90 valence electrons. The summed E-state index contributed by atoms with van der Waals surface area (Å²) in [5, 5.41) is 5.45. The summed E-state index contributed by atoms with van der Waals surface area (Å²) in [6.45, 7) is 1.41. The summed E-state index contributed by atoms with van der Waals surface area (Å²) in [6.07, 6.45) is 1.88. The van der Waals surface area contributed by atoms with Gasteiger partial charge in [-0.1, -0.05) is 6.07 Å². The summed E-state index contributed by atoms with van der Waals surface area (Å²) < 4.78 is 0. The summed E-state index contributed by atoms with van der Waals surface area (Å²) in [6, 6.07) is 5.22. The predicted octanol–water partition coefficient (Wildman–Crippen LogP) is 0.721. The number of rotatable bonds is 5.